The van der Waals surface area contributed by atoms with Crippen molar-refractivity contribution in [2.75, 3.05) is 23.5 Å². The van der Waals surface area contributed by atoms with E-state index in [1.807, 2.05) is 6.26 Å². The second-order valence-electron chi connectivity index (χ2n) is 6.51. The summed E-state index contributed by atoms with van der Waals surface area (Å²) in [5.74, 6) is 0.254. The lowest BCUT2D eigenvalue weighted by molar-refractivity contribution is -0.138. The number of aliphatic carboxylic acids is 1. The molecule has 2 aromatic heterocycles. The number of aromatic nitrogens is 4. The zero-order valence-corrected chi connectivity index (χ0v) is 15.5. The van der Waals surface area contributed by atoms with Crippen molar-refractivity contribution in [3.63, 3.8) is 0 Å². The molecule has 148 valence electrons. The summed E-state index contributed by atoms with van der Waals surface area (Å²) >= 11 is 0. The Balaban J connectivity index is 1.68. The highest BCUT2D eigenvalue weighted by Gasteiger charge is 2.46. The van der Waals surface area contributed by atoms with Crippen LogP contribution in [-0.4, -0.2) is 82.9 Å². The Kier molecular flexibility index (Phi) is 5.81. The molecule has 1 aliphatic heterocycles. The number of aliphatic hydroxyl groups excluding tert-OH is 2. The molecule has 0 spiro atoms. The normalized spacial score (nSPS) is 27.7. The van der Waals surface area contributed by atoms with Gasteiger partial charge in [0, 0.05) is 6.42 Å². The molecule has 0 aromatic carbocycles. The third-order valence-electron chi connectivity index (χ3n) is 4.54. The summed E-state index contributed by atoms with van der Waals surface area (Å²) in [6.07, 6.45) is 1.31. The van der Waals surface area contributed by atoms with Crippen LogP contribution in [0.2, 0.25) is 0 Å². The summed E-state index contributed by atoms with van der Waals surface area (Å²) in [6.45, 7) is 0. The SMILES string of the molecule is C[S+](CC[C@@H](N)C(=O)O)C[C@H]1O[C@@H](n2cnc3c(N)ncnc32)[C@@H](O)[C@H]1O. The minimum Gasteiger partial charge on any atom is -0.480 e. The van der Waals surface area contributed by atoms with Crippen molar-refractivity contribution in [2.24, 2.45) is 5.73 Å². The summed E-state index contributed by atoms with van der Waals surface area (Å²) in [7, 11) is -0.235. The van der Waals surface area contributed by atoms with Crippen LogP contribution in [0, 0.1) is 0 Å². The van der Waals surface area contributed by atoms with Crippen molar-refractivity contribution in [1.82, 2.24) is 19.5 Å². The van der Waals surface area contributed by atoms with Crippen molar-refractivity contribution < 1.29 is 24.9 Å². The van der Waals surface area contributed by atoms with Gasteiger partial charge in [0.15, 0.2) is 17.7 Å². The molecule has 12 heteroatoms. The molecule has 7 N–H and O–H groups in total. The van der Waals surface area contributed by atoms with Gasteiger partial charge in [0.25, 0.3) is 0 Å². The first-order valence-electron chi connectivity index (χ1n) is 8.31. The van der Waals surface area contributed by atoms with Gasteiger partial charge in [-0.15, -0.1) is 0 Å². The Morgan fingerprint density at radius 3 is 2.81 bits per heavy atom. The van der Waals surface area contributed by atoms with E-state index in [2.05, 4.69) is 15.0 Å². The lowest BCUT2D eigenvalue weighted by Crippen LogP contribution is -2.37. The maximum atomic E-state index is 10.8. The van der Waals surface area contributed by atoms with Gasteiger partial charge in [-0.2, -0.15) is 0 Å². The number of nitrogen functional groups attached to an aromatic ring is 1. The molecule has 1 aliphatic rings. The second-order valence-corrected chi connectivity index (χ2v) is 8.82. The van der Waals surface area contributed by atoms with Gasteiger partial charge in [0.05, 0.1) is 12.6 Å². The van der Waals surface area contributed by atoms with Crippen LogP contribution >= 0.6 is 0 Å². The van der Waals surface area contributed by atoms with E-state index >= 15 is 0 Å². The van der Waals surface area contributed by atoms with E-state index in [9.17, 15) is 15.0 Å². The highest BCUT2D eigenvalue weighted by atomic mass is 32.2. The van der Waals surface area contributed by atoms with E-state index in [1.165, 1.54) is 17.2 Å². The quantitative estimate of drug-likeness (QED) is 0.329. The van der Waals surface area contributed by atoms with Crippen LogP contribution in [0.15, 0.2) is 12.7 Å². The van der Waals surface area contributed by atoms with Crippen LogP contribution in [0.1, 0.15) is 12.6 Å². The van der Waals surface area contributed by atoms with Gasteiger partial charge in [-0.05, 0) is 10.9 Å². The predicted molar refractivity (Wildman–Crippen MR) is 98.9 cm³/mol. The summed E-state index contributed by atoms with van der Waals surface area (Å²) in [4.78, 5) is 23.0. The van der Waals surface area contributed by atoms with Crippen molar-refractivity contribution in [3.05, 3.63) is 12.7 Å². The number of carbonyl (C=O) groups is 1. The molecule has 0 amide bonds. The average Bonchev–Trinajstić information content (AvgIpc) is 3.17. The Hall–Kier alpha value is -1.99. The monoisotopic (exact) mass is 399 g/mol. The number of nitrogens with two attached hydrogens (primary N) is 2. The molecule has 1 unspecified atom stereocenters. The van der Waals surface area contributed by atoms with Crippen LogP contribution in [-0.2, 0) is 20.4 Å². The number of rotatable bonds is 7. The van der Waals surface area contributed by atoms with E-state index in [0.29, 0.717) is 29.1 Å². The van der Waals surface area contributed by atoms with E-state index < -0.39 is 36.6 Å². The van der Waals surface area contributed by atoms with E-state index in [-0.39, 0.29) is 16.7 Å². The number of fused-ring (bicyclic) bond motifs is 1. The number of carboxylic acids is 1. The number of hydrogen-bond acceptors (Lipinski definition) is 9. The molecule has 1 saturated heterocycles. The summed E-state index contributed by atoms with van der Waals surface area (Å²) in [5.41, 5.74) is 12.1. The van der Waals surface area contributed by atoms with E-state index in [4.69, 9.17) is 21.3 Å². The maximum Gasteiger partial charge on any atom is 0.320 e. The number of anilines is 1. The third kappa shape index (κ3) is 3.99. The largest absolute Gasteiger partial charge is 0.480 e. The van der Waals surface area contributed by atoms with Crippen LogP contribution in [0.3, 0.4) is 0 Å². The zero-order valence-electron chi connectivity index (χ0n) is 14.7. The van der Waals surface area contributed by atoms with Crippen LogP contribution in [0.4, 0.5) is 5.82 Å². The van der Waals surface area contributed by atoms with E-state index in [1.54, 1.807) is 0 Å². The maximum absolute atomic E-state index is 10.8. The molecule has 11 nitrogen and oxygen atoms in total. The molecule has 27 heavy (non-hydrogen) atoms. The van der Waals surface area contributed by atoms with Gasteiger partial charge in [0.1, 0.15) is 47.7 Å². The first-order chi connectivity index (χ1) is 12.8. The first kappa shape index (κ1) is 19.8. The molecule has 3 heterocycles. The molecule has 0 saturated carbocycles. The van der Waals surface area contributed by atoms with Crippen molar-refractivity contribution in [3.8, 4) is 0 Å². The third-order valence-corrected chi connectivity index (χ3v) is 6.37. The lowest BCUT2D eigenvalue weighted by atomic mass is 10.1. The fraction of sp³-hybridized carbons (Fsp3) is 0.600. The van der Waals surface area contributed by atoms with Gasteiger partial charge in [-0.25, -0.2) is 15.0 Å². The standard InChI is InChI=1S/C15H22N6O5S/c1-27(3-2-7(16)15(24)25)4-8-10(22)11(23)14(26-8)21-6-20-9-12(17)18-5-19-13(9)21/h5-8,10-11,14,22-23H,2-4,16H2,1H3,(H2-,17,18,19,24,25)/p+1/t7-,8-,10+,11+,14-,27?/m1/s1. The van der Waals surface area contributed by atoms with Gasteiger partial charge >= 0.3 is 5.97 Å². The smallest absolute Gasteiger partial charge is 0.320 e. The predicted octanol–water partition coefficient (Wildman–Crippen LogP) is -1.92. The zero-order chi connectivity index (χ0) is 19.7. The van der Waals surface area contributed by atoms with Crippen molar-refractivity contribution in [2.45, 2.75) is 37.0 Å². The minimum atomic E-state index is -1.16. The fourth-order valence-corrected chi connectivity index (χ4v) is 4.63. The molecular formula is C15H23N6O5S+. The number of imidazole rings is 1. The van der Waals surface area contributed by atoms with Crippen LogP contribution < -0.4 is 11.5 Å². The topological polar surface area (TPSA) is 183 Å². The van der Waals surface area contributed by atoms with Crippen LogP contribution in [0.5, 0.6) is 0 Å². The van der Waals surface area contributed by atoms with Crippen molar-refractivity contribution in [1.29, 1.82) is 0 Å². The molecular weight excluding hydrogens is 376 g/mol. The van der Waals surface area contributed by atoms with Crippen LogP contribution in [0.25, 0.3) is 11.2 Å². The minimum absolute atomic E-state index is 0.216. The highest BCUT2D eigenvalue weighted by molar-refractivity contribution is 7.96. The Morgan fingerprint density at radius 1 is 1.37 bits per heavy atom. The number of hydrogen-bond donors (Lipinski definition) is 5. The molecule has 0 aliphatic carbocycles. The summed E-state index contributed by atoms with van der Waals surface area (Å²) < 4.78 is 7.41. The number of aliphatic hydroxyl groups is 2. The Morgan fingerprint density at radius 2 is 2.11 bits per heavy atom. The molecule has 0 radical (unpaired) electrons. The van der Waals surface area contributed by atoms with Gasteiger partial charge in [-0.3, -0.25) is 9.36 Å². The molecule has 2 aromatic rings. The van der Waals surface area contributed by atoms with Gasteiger partial charge in [-0.1, -0.05) is 0 Å². The number of nitrogens with zero attached hydrogens (tertiary/aromatic N) is 4. The van der Waals surface area contributed by atoms with E-state index in [0.717, 1.165) is 0 Å². The summed E-state index contributed by atoms with van der Waals surface area (Å²) in [6, 6.07) is -0.907. The van der Waals surface area contributed by atoms with Gasteiger partial charge in [0.2, 0.25) is 0 Å². The Labute approximate surface area is 157 Å². The lowest BCUT2D eigenvalue weighted by Gasteiger charge is -2.16. The first-order valence-corrected chi connectivity index (χ1v) is 10.3. The molecule has 3 rings (SSSR count). The average molecular weight is 399 g/mol. The number of carboxylic acid groups (broad SMARTS) is 1. The molecule has 6 atom stereocenters. The number of ether oxygens (including phenoxy) is 1. The highest BCUT2D eigenvalue weighted by Crippen LogP contribution is 2.32. The molecule has 1 fully saturated rings. The Bertz CT molecular complexity index is 819. The molecule has 0 bridgehead atoms. The second kappa shape index (κ2) is 7.94. The fourth-order valence-electron chi connectivity index (χ4n) is 2.97. The van der Waals surface area contributed by atoms with Crippen molar-refractivity contribution >= 4 is 33.8 Å². The summed E-state index contributed by atoms with van der Waals surface area (Å²) in [5, 5.41) is 29.7. The van der Waals surface area contributed by atoms with Gasteiger partial charge < -0.3 is 31.5 Å².